The molecule has 0 atom stereocenters. The number of aromatic nitrogens is 1. The number of hydrogen-bond acceptors (Lipinski definition) is 5. The Balaban J connectivity index is 2.53. The highest BCUT2D eigenvalue weighted by atomic mass is 32.7. The average Bonchev–Trinajstić information content (AvgIpc) is 2.46. The van der Waals surface area contributed by atoms with Crippen molar-refractivity contribution in [1.82, 2.24) is 4.98 Å². The average molecular weight is 268 g/mol. The molecule has 10 heteroatoms. The van der Waals surface area contributed by atoms with E-state index < -0.39 is 6.80 Å². The number of guanidine groups is 1. The van der Waals surface area contributed by atoms with E-state index in [2.05, 4.69) is 10.3 Å². The Morgan fingerprint density at radius 3 is 3.00 bits per heavy atom. The van der Waals surface area contributed by atoms with Gasteiger partial charge in [0.25, 0.3) is 0 Å². The van der Waals surface area contributed by atoms with Gasteiger partial charge in [0.2, 0.25) is 0 Å². The molecule has 0 aliphatic rings. The minimum Gasteiger partial charge on any atom is -0.370 e. The molecule has 0 amide bonds. The highest BCUT2D eigenvalue weighted by molar-refractivity contribution is 8.54. The van der Waals surface area contributed by atoms with Crippen molar-refractivity contribution in [3.63, 3.8) is 0 Å². The molecule has 84 valence electrons. The summed E-state index contributed by atoms with van der Waals surface area (Å²) in [5.74, 6) is -0.0982. The lowest BCUT2D eigenvalue weighted by molar-refractivity contribution is 0.397. The summed E-state index contributed by atoms with van der Waals surface area (Å²) in [5.41, 5.74) is 5.63. The molecular formula is C5H9N4O3PS2. The number of anilines is 1. The standard InChI is InChI=1S/C5H9N4O3PS2/c6-4(7)9-5-8-3(1-14-5)2-15-13(10,11)12/h1H,2H2,(H2,10,11,12)(H4,6,7,8,9). The van der Waals surface area contributed by atoms with E-state index in [4.69, 9.17) is 20.9 Å². The molecule has 0 unspecified atom stereocenters. The fourth-order valence-electron chi connectivity index (χ4n) is 0.696. The molecule has 0 radical (unpaired) electrons. The summed E-state index contributed by atoms with van der Waals surface area (Å²) in [5, 5.41) is 11.5. The quantitative estimate of drug-likeness (QED) is 0.309. The molecule has 0 spiro atoms. The van der Waals surface area contributed by atoms with Crippen LogP contribution < -0.4 is 11.1 Å². The van der Waals surface area contributed by atoms with Crippen LogP contribution in [0.2, 0.25) is 0 Å². The van der Waals surface area contributed by atoms with E-state index in [-0.39, 0.29) is 11.7 Å². The zero-order valence-corrected chi connectivity index (χ0v) is 9.90. The van der Waals surface area contributed by atoms with Crippen molar-refractivity contribution in [3.8, 4) is 0 Å². The number of nitrogens with zero attached hydrogens (tertiary/aromatic N) is 1. The number of thiazole rings is 1. The van der Waals surface area contributed by atoms with E-state index >= 15 is 0 Å². The van der Waals surface area contributed by atoms with Gasteiger partial charge in [-0.3, -0.25) is 5.41 Å². The Bertz CT molecular complexity index is 403. The van der Waals surface area contributed by atoms with Gasteiger partial charge in [0.1, 0.15) is 0 Å². The van der Waals surface area contributed by atoms with Crippen molar-refractivity contribution in [1.29, 1.82) is 5.41 Å². The van der Waals surface area contributed by atoms with E-state index in [1.54, 1.807) is 5.38 Å². The predicted octanol–water partition coefficient (Wildman–Crippen LogP) is 0.774. The summed E-state index contributed by atoms with van der Waals surface area (Å²) >= 11 is 1.74. The molecule has 0 aliphatic carbocycles. The first kappa shape index (κ1) is 12.5. The lowest BCUT2D eigenvalue weighted by Gasteiger charge is -2.00. The fourth-order valence-corrected chi connectivity index (χ4v) is 2.87. The SMILES string of the molecule is N=C(N)Nc1nc(CSP(=O)(O)O)cs1. The fraction of sp³-hybridized carbons (Fsp3) is 0.200. The zero-order valence-electron chi connectivity index (χ0n) is 7.38. The van der Waals surface area contributed by atoms with Crippen LogP contribution in [-0.2, 0) is 10.3 Å². The molecule has 0 aromatic carbocycles. The van der Waals surface area contributed by atoms with Crippen LogP contribution >= 0.6 is 29.5 Å². The van der Waals surface area contributed by atoms with Crippen LogP contribution in [0.25, 0.3) is 0 Å². The molecule has 1 heterocycles. The van der Waals surface area contributed by atoms with Gasteiger partial charge in [-0.15, -0.1) is 11.3 Å². The maximum atomic E-state index is 10.6. The van der Waals surface area contributed by atoms with Gasteiger partial charge in [0.05, 0.1) is 5.69 Å². The molecule has 1 aromatic rings. The minimum absolute atomic E-state index is 0.125. The number of hydrogen-bond donors (Lipinski definition) is 5. The second kappa shape index (κ2) is 4.95. The third-order valence-electron chi connectivity index (χ3n) is 1.17. The molecule has 6 N–H and O–H groups in total. The largest absolute Gasteiger partial charge is 0.384 e. The Morgan fingerprint density at radius 1 is 1.80 bits per heavy atom. The van der Waals surface area contributed by atoms with Crippen molar-refractivity contribution in [3.05, 3.63) is 11.1 Å². The molecule has 1 rings (SSSR count). The zero-order chi connectivity index (χ0) is 11.5. The van der Waals surface area contributed by atoms with Crippen LogP contribution in [0.5, 0.6) is 0 Å². The van der Waals surface area contributed by atoms with Crippen LogP contribution in [0.3, 0.4) is 0 Å². The maximum absolute atomic E-state index is 10.6. The molecular weight excluding hydrogens is 259 g/mol. The lowest BCUT2D eigenvalue weighted by Crippen LogP contribution is -2.20. The summed E-state index contributed by atoms with van der Waals surface area (Å²) in [7, 11) is 0. The van der Waals surface area contributed by atoms with Gasteiger partial charge in [-0.2, -0.15) is 0 Å². The summed E-state index contributed by atoms with van der Waals surface area (Å²) < 4.78 is 10.6. The third-order valence-corrected chi connectivity index (χ3v) is 4.14. The van der Waals surface area contributed by atoms with Crippen LogP contribution in [0.4, 0.5) is 5.13 Å². The van der Waals surface area contributed by atoms with Crippen molar-refractivity contribution in [2.45, 2.75) is 5.75 Å². The van der Waals surface area contributed by atoms with E-state index in [0.717, 1.165) is 0 Å². The van der Waals surface area contributed by atoms with Crippen LogP contribution in [-0.4, -0.2) is 20.7 Å². The van der Waals surface area contributed by atoms with Crippen LogP contribution in [0.15, 0.2) is 5.38 Å². The molecule has 0 bridgehead atoms. The first-order chi connectivity index (χ1) is 6.87. The Labute approximate surface area is 93.5 Å². The highest BCUT2D eigenvalue weighted by Crippen LogP contribution is 2.51. The first-order valence-corrected chi connectivity index (χ1v) is 7.70. The highest BCUT2D eigenvalue weighted by Gasteiger charge is 2.14. The summed E-state index contributed by atoms with van der Waals surface area (Å²) in [6, 6.07) is 0. The van der Waals surface area contributed by atoms with Crippen molar-refractivity contribution in [2.75, 3.05) is 5.32 Å². The summed E-state index contributed by atoms with van der Waals surface area (Å²) in [6.45, 7) is -4.06. The van der Waals surface area contributed by atoms with Gasteiger partial charge >= 0.3 is 6.80 Å². The monoisotopic (exact) mass is 268 g/mol. The van der Waals surface area contributed by atoms with Gasteiger partial charge in [-0.1, -0.05) is 0 Å². The Hall–Kier alpha value is -0.600. The van der Waals surface area contributed by atoms with E-state index in [1.807, 2.05) is 0 Å². The van der Waals surface area contributed by atoms with Crippen molar-refractivity contribution in [2.24, 2.45) is 5.73 Å². The van der Waals surface area contributed by atoms with Gasteiger partial charge in [0, 0.05) is 11.1 Å². The third kappa shape index (κ3) is 5.14. The number of rotatable bonds is 4. The number of nitrogens with one attached hydrogen (secondary N) is 2. The Kier molecular flexibility index (Phi) is 4.12. The van der Waals surface area contributed by atoms with Crippen LogP contribution in [0, 0.1) is 5.41 Å². The van der Waals surface area contributed by atoms with Crippen molar-refractivity contribution >= 4 is 40.6 Å². The maximum Gasteiger partial charge on any atom is 0.384 e. The Morgan fingerprint density at radius 2 is 2.47 bits per heavy atom. The molecule has 0 saturated heterocycles. The molecule has 15 heavy (non-hydrogen) atoms. The van der Waals surface area contributed by atoms with E-state index in [9.17, 15) is 4.57 Å². The van der Waals surface area contributed by atoms with Gasteiger partial charge in [-0.25, -0.2) is 9.55 Å². The summed E-state index contributed by atoms with van der Waals surface area (Å²) in [4.78, 5) is 21.2. The van der Waals surface area contributed by atoms with Crippen LogP contribution in [0.1, 0.15) is 5.69 Å². The van der Waals surface area contributed by atoms with Crippen molar-refractivity contribution < 1.29 is 14.4 Å². The van der Waals surface area contributed by atoms with Gasteiger partial charge < -0.3 is 20.8 Å². The topological polar surface area (TPSA) is 132 Å². The van der Waals surface area contributed by atoms with Gasteiger partial charge in [-0.05, 0) is 11.4 Å². The second-order valence-corrected chi connectivity index (χ2v) is 7.03. The lowest BCUT2D eigenvalue weighted by atomic mass is 10.6. The van der Waals surface area contributed by atoms with E-state index in [1.165, 1.54) is 11.3 Å². The van der Waals surface area contributed by atoms with E-state index in [0.29, 0.717) is 22.2 Å². The molecule has 0 fully saturated rings. The first-order valence-electron chi connectivity index (χ1n) is 3.62. The molecule has 7 nitrogen and oxygen atoms in total. The molecule has 1 aromatic heterocycles. The number of nitrogens with two attached hydrogens (primary N) is 1. The second-order valence-electron chi connectivity index (χ2n) is 2.45. The molecule has 0 aliphatic heterocycles. The minimum atomic E-state index is -4.06. The molecule has 0 saturated carbocycles. The summed E-state index contributed by atoms with van der Waals surface area (Å²) in [6.07, 6.45) is 0. The van der Waals surface area contributed by atoms with Gasteiger partial charge in [0.15, 0.2) is 11.1 Å². The predicted molar refractivity (Wildman–Crippen MR) is 61.0 cm³/mol. The normalized spacial score (nSPS) is 11.3. The smallest absolute Gasteiger partial charge is 0.370 e.